The second-order valence-corrected chi connectivity index (χ2v) is 0.608. The number of halogens is 1. The molecule has 0 aliphatic rings. The number of hydrogen-bond acceptors (Lipinski definition) is 2. The fourth-order valence-electron chi connectivity index (χ4n) is 0.0244. The molecule has 0 unspecified atom stereocenters. The van der Waals surface area contributed by atoms with Crippen LogP contribution in [0.4, 0.5) is 0 Å². The normalized spacial score (nSPS) is 5.80. The Morgan fingerprint density at radius 3 is 2.60 bits per heavy atom. The Morgan fingerprint density at radius 2 is 2.60 bits per heavy atom. The minimum atomic E-state index is 0.0174. The Hall–Kier alpha value is -0.330. The summed E-state index contributed by atoms with van der Waals surface area (Å²) in [4.78, 5) is 12.0. The van der Waals surface area contributed by atoms with Crippen LogP contribution in [0.25, 0.3) is 0 Å². The molecule has 0 aromatic rings. The van der Waals surface area contributed by atoms with Crippen molar-refractivity contribution in [1.29, 1.82) is 0 Å². The van der Waals surface area contributed by atoms with Gasteiger partial charge in [0.2, 0.25) is 6.08 Å². The van der Waals surface area contributed by atoms with Gasteiger partial charge in [-0.3, -0.25) is 0 Å². The Labute approximate surface area is 34.5 Å². The molecular formula is C2H2ClNO. The average molecular weight is 91.5 g/mol. The molecule has 0 saturated carbocycles. The van der Waals surface area contributed by atoms with E-state index in [1.807, 2.05) is 0 Å². The van der Waals surface area contributed by atoms with Gasteiger partial charge in [0.1, 0.15) is 6.00 Å². The summed E-state index contributed by atoms with van der Waals surface area (Å²) in [6, 6.07) is 0.0174. The molecule has 5 heavy (non-hydrogen) atoms. The monoisotopic (exact) mass is 91.0 g/mol. The molecule has 0 atom stereocenters. The molecule has 0 saturated heterocycles. The van der Waals surface area contributed by atoms with Crippen LogP contribution in [0.1, 0.15) is 0 Å². The molecule has 0 aromatic carbocycles. The maximum absolute atomic E-state index is 9.03. The second-order valence-electron chi connectivity index (χ2n) is 0.369. The van der Waals surface area contributed by atoms with Gasteiger partial charge >= 0.3 is 0 Å². The molecule has 0 bridgehead atoms. The first-order valence-corrected chi connectivity index (χ1v) is 1.55. The molecule has 0 rings (SSSR count). The Bertz CT molecular complexity index is 56.7. The van der Waals surface area contributed by atoms with Crippen LogP contribution in [0.5, 0.6) is 0 Å². The summed E-state index contributed by atoms with van der Waals surface area (Å²) in [5, 5.41) is 0. The zero-order valence-corrected chi connectivity index (χ0v) is 3.20. The van der Waals surface area contributed by atoms with Crippen LogP contribution in [0, 0.1) is 0 Å². The number of hydrogen-bond donors (Lipinski definition) is 0. The molecule has 0 radical (unpaired) electrons. The lowest BCUT2D eigenvalue weighted by Crippen LogP contribution is -1.52. The van der Waals surface area contributed by atoms with Crippen LogP contribution in [-0.2, 0) is 4.79 Å². The summed E-state index contributed by atoms with van der Waals surface area (Å²) in [6.07, 6.45) is 1.26. The predicted octanol–water partition coefficient (Wildman–Crippen LogP) is 0.518. The van der Waals surface area contributed by atoms with E-state index >= 15 is 0 Å². The third kappa shape index (κ3) is 3.67. The molecule has 0 aromatic heterocycles. The number of alkyl halides is 1. The van der Waals surface area contributed by atoms with Crippen molar-refractivity contribution in [2.75, 3.05) is 6.00 Å². The van der Waals surface area contributed by atoms with E-state index < -0.39 is 0 Å². The van der Waals surface area contributed by atoms with Gasteiger partial charge in [0.05, 0.1) is 0 Å². The third-order valence-electron chi connectivity index (χ3n) is 0.124. The van der Waals surface area contributed by atoms with Crippen molar-refractivity contribution in [3.8, 4) is 0 Å². The number of rotatable bonds is 1. The van der Waals surface area contributed by atoms with Crippen molar-refractivity contribution in [3.63, 3.8) is 0 Å². The third-order valence-corrected chi connectivity index (χ3v) is 0.244. The summed E-state index contributed by atoms with van der Waals surface area (Å²) < 4.78 is 0. The predicted molar refractivity (Wildman–Crippen MR) is 18.8 cm³/mol. The SMILES string of the molecule is O=C=NCCl. The van der Waals surface area contributed by atoms with E-state index in [1.54, 1.807) is 0 Å². The molecule has 28 valence electrons. The minimum Gasteiger partial charge on any atom is -0.211 e. The largest absolute Gasteiger partial charge is 0.236 e. The molecular weight excluding hydrogens is 89.5 g/mol. The Balaban J connectivity index is 2.93. The van der Waals surface area contributed by atoms with Gasteiger partial charge in [0, 0.05) is 0 Å². The van der Waals surface area contributed by atoms with E-state index in [-0.39, 0.29) is 6.00 Å². The minimum absolute atomic E-state index is 0.0174. The van der Waals surface area contributed by atoms with E-state index in [9.17, 15) is 0 Å². The Morgan fingerprint density at radius 1 is 2.00 bits per heavy atom. The maximum Gasteiger partial charge on any atom is 0.236 e. The maximum atomic E-state index is 9.03. The molecule has 0 aliphatic heterocycles. The standard InChI is InChI=1S/C2H2ClNO/c3-1-4-2-5/h1H2. The van der Waals surface area contributed by atoms with Crippen molar-refractivity contribution in [1.82, 2.24) is 0 Å². The van der Waals surface area contributed by atoms with Crippen molar-refractivity contribution in [2.45, 2.75) is 0 Å². The van der Waals surface area contributed by atoms with Gasteiger partial charge in [-0.2, -0.15) is 4.99 Å². The van der Waals surface area contributed by atoms with Gasteiger partial charge in [0.15, 0.2) is 0 Å². The van der Waals surface area contributed by atoms with Crippen LogP contribution in [0.15, 0.2) is 4.99 Å². The van der Waals surface area contributed by atoms with Crippen LogP contribution >= 0.6 is 11.6 Å². The van der Waals surface area contributed by atoms with E-state index in [0.29, 0.717) is 0 Å². The second kappa shape index (κ2) is 3.67. The van der Waals surface area contributed by atoms with E-state index in [2.05, 4.69) is 4.99 Å². The number of isocyanates is 1. The van der Waals surface area contributed by atoms with Crippen molar-refractivity contribution in [2.24, 2.45) is 4.99 Å². The molecule has 3 heteroatoms. The van der Waals surface area contributed by atoms with E-state index in [0.717, 1.165) is 0 Å². The summed E-state index contributed by atoms with van der Waals surface area (Å²) in [5.74, 6) is 0. The first-order valence-electron chi connectivity index (χ1n) is 1.01. The van der Waals surface area contributed by atoms with Crippen molar-refractivity contribution >= 4 is 17.7 Å². The van der Waals surface area contributed by atoms with Gasteiger partial charge in [-0.1, -0.05) is 11.6 Å². The van der Waals surface area contributed by atoms with E-state index in [1.165, 1.54) is 6.08 Å². The lowest BCUT2D eigenvalue weighted by molar-refractivity contribution is 0.564. The summed E-state index contributed by atoms with van der Waals surface area (Å²) >= 11 is 4.87. The van der Waals surface area contributed by atoms with Crippen LogP contribution in [-0.4, -0.2) is 12.1 Å². The van der Waals surface area contributed by atoms with Crippen LogP contribution in [0.3, 0.4) is 0 Å². The fourth-order valence-corrected chi connectivity index (χ4v) is 0.0732. The number of aliphatic imine (C=N–C) groups is 1. The summed E-state index contributed by atoms with van der Waals surface area (Å²) in [6.45, 7) is 0. The topological polar surface area (TPSA) is 29.4 Å². The highest BCUT2D eigenvalue weighted by atomic mass is 35.5. The van der Waals surface area contributed by atoms with Gasteiger partial charge < -0.3 is 0 Å². The summed E-state index contributed by atoms with van der Waals surface area (Å²) in [7, 11) is 0. The number of nitrogens with zero attached hydrogens (tertiary/aromatic N) is 1. The van der Waals surface area contributed by atoms with Crippen molar-refractivity contribution in [3.05, 3.63) is 0 Å². The summed E-state index contributed by atoms with van der Waals surface area (Å²) in [5.41, 5.74) is 0. The lowest BCUT2D eigenvalue weighted by atomic mass is 11.4. The zero-order chi connectivity index (χ0) is 4.12. The molecule has 0 N–H and O–H groups in total. The zero-order valence-electron chi connectivity index (χ0n) is 2.44. The van der Waals surface area contributed by atoms with Crippen LogP contribution < -0.4 is 0 Å². The highest BCUT2D eigenvalue weighted by Crippen LogP contribution is 1.67. The lowest BCUT2D eigenvalue weighted by Gasteiger charge is -1.55. The highest BCUT2D eigenvalue weighted by Gasteiger charge is 1.54. The van der Waals surface area contributed by atoms with E-state index in [4.69, 9.17) is 16.4 Å². The van der Waals surface area contributed by atoms with Gasteiger partial charge in [-0.05, 0) is 0 Å². The van der Waals surface area contributed by atoms with Gasteiger partial charge in [0.25, 0.3) is 0 Å². The molecule has 0 spiro atoms. The molecule has 0 amide bonds. The highest BCUT2D eigenvalue weighted by molar-refractivity contribution is 6.17. The van der Waals surface area contributed by atoms with Gasteiger partial charge in [-0.25, -0.2) is 4.79 Å². The molecule has 0 aliphatic carbocycles. The van der Waals surface area contributed by atoms with Crippen molar-refractivity contribution < 1.29 is 4.79 Å². The average Bonchev–Trinajstić information content (AvgIpc) is 1.41. The first kappa shape index (κ1) is 4.67. The quantitative estimate of drug-likeness (QED) is 0.200. The fraction of sp³-hybridized carbons (Fsp3) is 0.500. The number of carbonyl (C=O) groups excluding carboxylic acids is 1. The molecule has 2 nitrogen and oxygen atoms in total. The molecule has 0 fully saturated rings. The smallest absolute Gasteiger partial charge is 0.211 e. The molecule has 0 heterocycles. The van der Waals surface area contributed by atoms with Crippen LogP contribution in [0.2, 0.25) is 0 Å². The van der Waals surface area contributed by atoms with Gasteiger partial charge in [-0.15, -0.1) is 0 Å². The first-order chi connectivity index (χ1) is 2.41. The Kier molecular flexibility index (Phi) is 3.43.